The van der Waals surface area contributed by atoms with Crippen molar-refractivity contribution in [1.82, 2.24) is 0 Å². The molecule has 0 aromatic rings. The maximum absolute atomic E-state index is 13.3. The molecule has 6 unspecified atom stereocenters. The SMILES string of the molecule is CCCCC/C=C\C/C=C\CCCCCCCCCCCC(=O)OCC(COC1OC(C(=O)O)C(O)C(O)C1OC(=O)CCCCCCCCCCCCCCCCCCCCC)OC(=O)CCCCCCCCCCC/C=C\CCCCCCCC. The standard InChI is InChI=1S/C75H136O12/c1-4-7-10-13-16-19-22-25-28-31-34-37-40-43-46-49-52-55-58-61-67(76)83-64-66(85-68(77)62-59-56-53-50-47-44-41-38-35-32-29-26-23-20-17-14-11-8-5-2)65-84-75-73(71(80)70(79)72(87-75)74(81)82)86-69(78)63-60-57-54-51-48-45-42-39-36-33-30-27-24-21-18-15-12-9-6-3/h16,19,25-26,28-29,66,70-73,75,79-80H,4-15,17-18,20-24,27,30-65H2,1-3H3,(H,81,82)/b19-16-,28-25-,29-26-. The van der Waals surface area contributed by atoms with Gasteiger partial charge in [-0.15, -0.1) is 0 Å². The highest BCUT2D eigenvalue weighted by atomic mass is 16.7. The van der Waals surface area contributed by atoms with Gasteiger partial charge in [-0.05, 0) is 77.0 Å². The monoisotopic (exact) mass is 1230 g/mol. The summed E-state index contributed by atoms with van der Waals surface area (Å²) in [6.07, 6.45) is 65.2. The van der Waals surface area contributed by atoms with Crippen molar-refractivity contribution >= 4 is 23.9 Å². The molecule has 87 heavy (non-hydrogen) atoms. The highest BCUT2D eigenvalue weighted by molar-refractivity contribution is 5.74. The molecule has 508 valence electrons. The van der Waals surface area contributed by atoms with Gasteiger partial charge in [-0.1, -0.05) is 308 Å². The Labute approximate surface area is 533 Å². The Morgan fingerprint density at radius 2 is 0.690 bits per heavy atom. The fraction of sp³-hybridized carbons (Fsp3) is 0.867. The molecule has 0 aromatic heterocycles. The number of esters is 3. The Kier molecular flexibility index (Phi) is 59.4. The first-order valence-electron chi connectivity index (χ1n) is 37.0. The van der Waals surface area contributed by atoms with Crippen molar-refractivity contribution in [3.05, 3.63) is 36.5 Å². The van der Waals surface area contributed by atoms with E-state index in [1.807, 2.05) is 0 Å². The molecule has 1 fully saturated rings. The number of aliphatic hydroxyl groups is 2. The van der Waals surface area contributed by atoms with Crippen LogP contribution < -0.4 is 0 Å². The van der Waals surface area contributed by atoms with Gasteiger partial charge in [-0.25, -0.2) is 4.79 Å². The second kappa shape index (κ2) is 63.1. The van der Waals surface area contributed by atoms with E-state index in [9.17, 15) is 34.5 Å². The number of aliphatic hydroxyl groups excluding tert-OH is 2. The Morgan fingerprint density at radius 3 is 1.07 bits per heavy atom. The summed E-state index contributed by atoms with van der Waals surface area (Å²) in [5, 5.41) is 31.7. The second-order valence-electron chi connectivity index (χ2n) is 25.6. The lowest BCUT2D eigenvalue weighted by molar-refractivity contribution is -0.301. The average Bonchev–Trinajstić information content (AvgIpc) is 2.56. The number of unbranched alkanes of at least 4 members (excludes halogenated alkanes) is 45. The molecule has 0 aliphatic carbocycles. The Hall–Kier alpha value is -3.06. The van der Waals surface area contributed by atoms with Crippen LogP contribution in [0.5, 0.6) is 0 Å². The van der Waals surface area contributed by atoms with Crippen LogP contribution in [0.25, 0.3) is 0 Å². The van der Waals surface area contributed by atoms with E-state index in [1.54, 1.807) is 0 Å². The van der Waals surface area contributed by atoms with Crippen LogP contribution >= 0.6 is 0 Å². The van der Waals surface area contributed by atoms with Crippen molar-refractivity contribution in [2.24, 2.45) is 0 Å². The lowest BCUT2D eigenvalue weighted by Gasteiger charge is -2.40. The van der Waals surface area contributed by atoms with Gasteiger partial charge in [-0.2, -0.15) is 0 Å². The van der Waals surface area contributed by atoms with Gasteiger partial charge in [0.15, 0.2) is 24.6 Å². The minimum absolute atomic E-state index is 0.0666. The zero-order valence-corrected chi connectivity index (χ0v) is 56.5. The maximum Gasteiger partial charge on any atom is 0.335 e. The molecule has 12 heteroatoms. The number of ether oxygens (including phenoxy) is 5. The van der Waals surface area contributed by atoms with E-state index in [0.717, 1.165) is 70.6 Å². The third-order valence-corrected chi connectivity index (χ3v) is 17.2. The molecule has 3 N–H and O–H groups in total. The highest BCUT2D eigenvalue weighted by Crippen LogP contribution is 2.27. The molecular formula is C75H136O12. The van der Waals surface area contributed by atoms with Crippen LogP contribution in [0.1, 0.15) is 367 Å². The molecule has 0 radical (unpaired) electrons. The third kappa shape index (κ3) is 52.3. The predicted molar refractivity (Wildman–Crippen MR) is 359 cm³/mol. The summed E-state index contributed by atoms with van der Waals surface area (Å²) in [5.74, 6) is -3.08. The van der Waals surface area contributed by atoms with Crippen molar-refractivity contribution in [1.29, 1.82) is 0 Å². The van der Waals surface area contributed by atoms with Crippen LogP contribution in [0.3, 0.4) is 0 Å². The number of hydrogen-bond acceptors (Lipinski definition) is 11. The van der Waals surface area contributed by atoms with Crippen LogP contribution in [-0.2, 0) is 42.9 Å². The normalized spacial score (nSPS) is 17.5. The van der Waals surface area contributed by atoms with Crippen LogP contribution in [0.2, 0.25) is 0 Å². The molecule has 1 saturated heterocycles. The number of rotatable bonds is 65. The fourth-order valence-electron chi connectivity index (χ4n) is 11.5. The summed E-state index contributed by atoms with van der Waals surface area (Å²) >= 11 is 0. The summed E-state index contributed by atoms with van der Waals surface area (Å²) in [4.78, 5) is 51.6. The number of hydrogen-bond donors (Lipinski definition) is 3. The number of carbonyl (C=O) groups excluding carboxylic acids is 3. The fourth-order valence-corrected chi connectivity index (χ4v) is 11.5. The molecule has 0 amide bonds. The number of carbonyl (C=O) groups is 4. The molecule has 0 bridgehead atoms. The molecule has 1 heterocycles. The van der Waals surface area contributed by atoms with E-state index in [1.165, 1.54) is 238 Å². The summed E-state index contributed by atoms with van der Waals surface area (Å²) in [5.41, 5.74) is 0. The highest BCUT2D eigenvalue weighted by Gasteiger charge is 2.50. The first-order valence-corrected chi connectivity index (χ1v) is 37.0. The van der Waals surface area contributed by atoms with Crippen molar-refractivity contribution < 1.29 is 58.2 Å². The van der Waals surface area contributed by atoms with Gasteiger partial charge in [0.25, 0.3) is 0 Å². The average molecular weight is 1230 g/mol. The van der Waals surface area contributed by atoms with Crippen molar-refractivity contribution in [3.63, 3.8) is 0 Å². The van der Waals surface area contributed by atoms with E-state index in [2.05, 4.69) is 57.2 Å². The van der Waals surface area contributed by atoms with Crippen LogP contribution in [0.4, 0.5) is 0 Å². The second-order valence-corrected chi connectivity index (χ2v) is 25.6. The third-order valence-electron chi connectivity index (χ3n) is 17.2. The topological polar surface area (TPSA) is 175 Å². The number of allylic oxidation sites excluding steroid dienone is 6. The minimum atomic E-state index is -1.90. The van der Waals surface area contributed by atoms with Crippen LogP contribution in [0, 0.1) is 0 Å². The molecule has 0 saturated carbocycles. The minimum Gasteiger partial charge on any atom is -0.479 e. The van der Waals surface area contributed by atoms with Crippen molar-refractivity contribution in [3.8, 4) is 0 Å². The quantitative estimate of drug-likeness (QED) is 0.0228. The number of carboxylic acid groups (broad SMARTS) is 1. The summed E-state index contributed by atoms with van der Waals surface area (Å²) in [7, 11) is 0. The largest absolute Gasteiger partial charge is 0.479 e. The van der Waals surface area contributed by atoms with Crippen LogP contribution in [0.15, 0.2) is 36.5 Å². The molecule has 1 aliphatic heterocycles. The van der Waals surface area contributed by atoms with Gasteiger partial charge in [-0.3, -0.25) is 14.4 Å². The molecule has 0 aromatic carbocycles. The van der Waals surface area contributed by atoms with Crippen LogP contribution in [-0.4, -0.2) is 89.2 Å². The summed E-state index contributed by atoms with van der Waals surface area (Å²) in [6, 6.07) is 0. The van der Waals surface area contributed by atoms with Gasteiger partial charge < -0.3 is 39.0 Å². The summed E-state index contributed by atoms with van der Waals surface area (Å²) < 4.78 is 28.7. The van der Waals surface area contributed by atoms with E-state index in [-0.39, 0.29) is 25.9 Å². The van der Waals surface area contributed by atoms with Gasteiger partial charge >= 0.3 is 23.9 Å². The molecule has 6 atom stereocenters. The van der Waals surface area contributed by atoms with Crippen molar-refractivity contribution in [2.75, 3.05) is 13.2 Å². The van der Waals surface area contributed by atoms with Gasteiger partial charge in [0, 0.05) is 19.3 Å². The van der Waals surface area contributed by atoms with E-state index in [0.29, 0.717) is 19.3 Å². The lowest BCUT2D eigenvalue weighted by atomic mass is 9.98. The van der Waals surface area contributed by atoms with Gasteiger partial charge in [0.2, 0.25) is 0 Å². The molecule has 0 spiro atoms. The Morgan fingerprint density at radius 1 is 0.379 bits per heavy atom. The Balaban J connectivity index is 2.60. The lowest BCUT2D eigenvalue weighted by Crippen LogP contribution is -2.61. The first-order chi connectivity index (χ1) is 42.6. The van der Waals surface area contributed by atoms with E-state index >= 15 is 0 Å². The zero-order valence-electron chi connectivity index (χ0n) is 56.5. The molecular weight excluding hydrogens is 1090 g/mol. The number of carboxylic acids is 1. The number of aliphatic carboxylic acids is 1. The van der Waals surface area contributed by atoms with E-state index < -0.39 is 67.3 Å². The van der Waals surface area contributed by atoms with Gasteiger partial charge in [0.1, 0.15) is 18.8 Å². The zero-order chi connectivity index (χ0) is 63.1. The van der Waals surface area contributed by atoms with Crippen molar-refractivity contribution in [2.45, 2.75) is 404 Å². The molecule has 12 nitrogen and oxygen atoms in total. The molecule has 1 aliphatic rings. The van der Waals surface area contributed by atoms with E-state index in [4.69, 9.17) is 23.7 Å². The smallest absolute Gasteiger partial charge is 0.335 e. The Bertz CT molecular complexity index is 1650. The predicted octanol–water partition coefficient (Wildman–Crippen LogP) is 20.7. The summed E-state index contributed by atoms with van der Waals surface area (Å²) in [6.45, 7) is 6.05. The maximum atomic E-state index is 13.3. The first kappa shape index (κ1) is 82.0. The van der Waals surface area contributed by atoms with Gasteiger partial charge in [0.05, 0.1) is 6.61 Å². The molecule has 1 rings (SSSR count).